The SMILES string of the molecule is CC.CC.CC.CC.CC.c1ccc(-c2cc(-c3ccccc3)cc(-c3ccccc3)c2)cc1. The van der Waals surface area contributed by atoms with Gasteiger partial charge in [0.05, 0.1) is 0 Å². The molecule has 184 valence electrons. The molecule has 0 saturated carbocycles. The molecule has 0 atom stereocenters. The molecule has 0 N–H and O–H groups in total. The van der Waals surface area contributed by atoms with Crippen LogP contribution < -0.4 is 0 Å². The molecular formula is C34H48. The molecule has 4 aromatic carbocycles. The highest BCUT2D eigenvalue weighted by molar-refractivity contribution is 5.81. The van der Waals surface area contributed by atoms with E-state index < -0.39 is 0 Å². The predicted octanol–water partition coefficient (Wildman–Crippen LogP) is 11.8. The van der Waals surface area contributed by atoms with Gasteiger partial charge in [-0.3, -0.25) is 0 Å². The Balaban J connectivity index is 0. The quantitative estimate of drug-likeness (QED) is 0.287. The molecule has 4 rings (SSSR count). The summed E-state index contributed by atoms with van der Waals surface area (Å²) in [6.45, 7) is 20.0. The summed E-state index contributed by atoms with van der Waals surface area (Å²) in [6.07, 6.45) is 0. The smallest absolute Gasteiger partial charge is 0.0172 e. The summed E-state index contributed by atoms with van der Waals surface area (Å²) in [4.78, 5) is 0. The Morgan fingerprint density at radius 1 is 0.235 bits per heavy atom. The minimum atomic E-state index is 1.24. The fraction of sp³-hybridized carbons (Fsp3) is 0.294. The van der Waals surface area contributed by atoms with Gasteiger partial charge in [0.1, 0.15) is 0 Å². The molecule has 0 bridgehead atoms. The molecule has 34 heavy (non-hydrogen) atoms. The molecule has 0 radical (unpaired) electrons. The standard InChI is InChI=1S/C24H18.5C2H6/c1-4-10-19(11-5-1)22-16-23(20-12-6-2-7-13-20)18-24(17-22)21-14-8-3-9-15-21;5*1-2/h1-18H;5*1-2H3. The first-order valence-corrected chi connectivity index (χ1v) is 13.2. The maximum absolute atomic E-state index is 2.27. The average molecular weight is 457 g/mol. The molecule has 0 aliphatic carbocycles. The van der Waals surface area contributed by atoms with E-state index in [0.29, 0.717) is 0 Å². The third kappa shape index (κ3) is 11.1. The Morgan fingerprint density at radius 3 is 0.588 bits per heavy atom. The van der Waals surface area contributed by atoms with Crippen molar-refractivity contribution in [2.45, 2.75) is 69.2 Å². The first-order valence-electron chi connectivity index (χ1n) is 13.2. The van der Waals surface area contributed by atoms with Crippen LogP contribution in [0, 0.1) is 0 Å². The molecule has 0 aliphatic rings. The molecule has 0 unspecified atom stereocenters. The zero-order valence-electron chi connectivity index (χ0n) is 23.4. The summed E-state index contributed by atoms with van der Waals surface area (Å²) in [6, 6.07) is 38.5. The highest BCUT2D eigenvalue weighted by atomic mass is 14.1. The first kappa shape index (κ1) is 33.1. The molecule has 0 aliphatic heterocycles. The van der Waals surface area contributed by atoms with Crippen molar-refractivity contribution in [3.8, 4) is 33.4 Å². The highest BCUT2D eigenvalue weighted by Gasteiger charge is 2.06. The van der Waals surface area contributed by atoms with Gasteiger partial charge in [-0.05, 0) is 51.6 Å². The van der Waals surface area contributed by atoms with Crippen LogP contribution in [0.2, 0.25) is 0 Å². The van der Waals surface area contributed by atoms with Crippen LogP contribution in [0.15, 0.2) is 109 Å². The highest BCUT2D eigenvalue weighted by Crippen LogP contribution is 2.32. The Bertz CT molecular complexity index is 784. The molecule has 0 aromatic heterocycles. The summed E-state index contributed by atoms with van der Waals surface area (Å²) in [5.74, 6) is 0. The van der Waals surface area contributed by atoms with Crippen molar-refractivity contribution in [1.29, 1.82) is 0 Å². The minimum Gasteiger partial charge on any atom is -0.0683 e. The third-order valence-electron chi connectivity index (χ3n) is 4.25. The second-order valence-corrected chi connectivity index (χ2v) is 5.90. The van der Waals surface area contributed by atoms with Crippen molar-refractivity contribution in [2.24, 2.45) is 0 Å². The van der Waals surface area contributed by atoms with Gasteiger partial charge in [0, 0.05) is 0 Å². The first-order chi connectivity index (χ1) is 16.9. The van der Waals surface area contributed by atoms with Crippen LogP contribution in [-0.2, 0) is 0 Å². The van der Waals surface area contributed by atoms with Gasteiger partial charge in [0.25, 0.3) is 0 Å². The van der Waals surface area contributed by atoms with Crippen LogP contribution in [0.5, 0.6) is 0 Å². The topological polar surface area (TPSA) is 0 Å². The van der Waals surface area contributed by atoms with E-state index >= 15 is 0 Å². The van der Waals surface area contributed by atoms with Gasteiger partial charge in [-0.1, -0.05) is 160 Å². The maximum atomic E-state index is 2.27. The summed E-state index contributed by atoms with van der Waals surface area (Å²) in [5, 5.41) is 0. The van der Waals surface area contributed by atoms with Crippen molar-refractivity contribution in [3.63, 3.8) is 0 Å². The number of benzene rings is 4. The maximum Gasteiger partial charge on any atom is -0.0172 e. The summed E-state index contributed by atoms with van der Waals surface area (Å²) in [5.41, 5.74) is 7.47. The van der Waals surface area contributed by atoms with E-state index in [1.54, 1.807) is 0 Å². The second-order valence-electron chi connectivity index (χ2n) is 5.90. The molecule has 0 heterocycles. The van der Waals surface area contributed by atoms with E-state index in [4.69, 9.17) is 0 Å². The average Bonchev–Trinajstić information content (AvgIpc) is 2.99. The Morgan fingerprint density at radius 2 is 0.412 bits per heavy atom. The number of hydrogen-bond donors (Lipinski definition) is 0. The lowest BCUT2D eigenvalue weighted by Gasteiger charge is -2.11. The number of rotatable bonds is 3. The van der Waals surface area contributed by atoms with Gasteiger partial charge in [-0.25, -0.2) is 0 Å². The van der Waals surface area contributed by atoms with Crippen molar-refractivity contribution >= 4 is 0 Å². The van der Waals surface area contributed by atoms with Crippen LogP contribution in [0.1, 0.15) is 69.2 Å². The lowest BCUT2D eigenvalue weighted by Crippen LogP contribution is -1.85. The summed E-state index contributed by atoms with van der Waals surface area (Å²) in [7, 11) is 0. The van der Waals surface area contributed by atoms with Crippen LogP contribution in [-0.4, -0.2) is 0 Å². The van der Waals surface area contributed by atoms with Crippen LogP contribution in [0.3, 0.4) is 0 Å². The molecule has 0 spiro atoms. The largest absolute Gasteiger partial charge is 0.0683 e. The van der Waals surface area contributed by atoms with Gasteiger partial charge in [-0.2, -0.15) is 0 Å². The van der Waals surface area contributed by atoms with Gasteiger partial charge in [0.2, 0.25) is 0 Å². The van der Waals surface area contributed by atoms with E-state index in [1.807, 2.05) is 69.2 Å². The van der Waals surface area contributed by atoms with E-state index in [9.17, 15) is 0 Å². The van der Waals surface area contributed by atoms with Crippen LogP contribution >= 0.6 is 0 Å². The van der Waals surface area contributed by atoms with E-state index in [2.05, 4.69) is 109 Å². The zero-order valence-corrected chi connectivity index (χ0v) is 23.4. The summed E-state index contributed by atoms with van der Waals surface area (Å²) >= 11 is 0. The Hall–Kier alpha value is -3.12. The monoisotopic (exact) mass is 456 g/mol. The lowest BCUT2D eigenvalue weighted by molar-refractivity contribution is 1.50. The van der Waals surface area contributed by atoms with Crippen molar-refractivity contribution < 1.29 is 0 Å². The molecular weight excluding hydrogens is 408 g/mol. The number of hydrogen-bond acceptors (Lipinski definition) is 0. The van der Waals surface area contributed by atoms with Gasteiger partial charge < -0.3 is 0 Å². The van der Waals surface area contributed by atoms with Crippen LogP contribution in [0.25, 0.3) is 33.4 Å². The van der Waals surface area contributed by atoms with E-state index in [1.165, 1.54) is 33.4 Å². The second kappa shape index (κ2) is 23.1. The lowest BCUT2D eigenvalue weighted by atomic mass is 9.93. The molecule has 0 amide bonds. The molecule has 0 nitrogen and oxygen atoms in total. The molecule has 4 aromatic rings. The van der Waals surface area contributed by atoms with Gasteiger partial charge in [-0.15, -0.1) is 0 Å². The molecule has 0 fully saturated rings. The normalized spacial score (nSPS) is 8.29. The van der Waals surface area contributed by atoms with E-state index in [0.717, 1.165) is 0 Å². The summed E-state index contributed by atoms with van der Waals surface area (Å²) < 4.78 is 0. The Labute approximate surface area is 211 Å². The predicted molar refractivity (Wildman–Crippen MR) is 159 cm³/mol. The third-order valence-corrected chi connectivity index (χ3v) is 4.25. The molecule has 0 heteroatoms. The fourth-order valence-electron chi connectivity index (χ4n) is 3.02. The van der Waals surface area contributed by atoms with Gasteiger partial charge >= 0.3 is 0 Å². The minimum absolute atomic E-state index is 1.24. The van der Waals surface area contributed by atoms with Crippen molar-refractivity contribution in [2.75, 3.05) is 0 Å². The van der Waals surface area contributed by atoms with Gasteiger partial charge in [0.15, 0.2) is 0 Å². The molecule has 0 saturated heterocycles. The van der Waals surface area contributed by atoms with Crippen molar-refractivity contribution in [1.82, 2.24) is 0 Å². The fourth-order valence-corrected chi connectivity index (χ4v) is 3.02. The Kier molecular flexibility index (Phi) is 22.4. The zero-order chi connectivity index (χ0) is 26.2. The van der Waals surface area contributed by atoms with Crippen LogP contribution in [0.4, 0.5) is 0 Å². The van der Waals surface area contributed by atoms with E-state index in [-0.39, 0.29) is 0 Å². The van der Waals surface area contributed by atoms with Crippen molar-refractivity contribution in [3.05, 3.63) is 109 Å².